The third-order valence-corrected chi connectivity index (χ3v) is 2.41. The summed E-state index contributed by atoms with van der Waals surface area (Å²) in [5.74, 6) is -1.78. The van der Waals surface area contributed by atoms with Gasteiger partial charge in [0.15, 0.2) is 5.56 Å². The summed E-state index contributed by atoms with van der Waals surface area (Å²) in [4.78, 5) is 34.3. The fraction of sp³-hybridized carbons (Fsp3) is 0.111. The quantitative estimate of drug-likeness (QED) is 0.357. The molecular weight excluding hydrogens is 290 g/mol. The van der Waals surface area contributed by atoms with Gasteiger partial charge in [-0.15, -0.1) is 0 Å². The molecule has 1 aromatic heterocycles. The van der Waals surface area contributed by atoms with Crippen LogP contribution in [0, 0.1) is 15.9 Å². The molecule has 0 fully saturated rings. The van der Waals surface area contributed by atoms with Crippen molar-refractivity contribution in [2.45, 2.75) is 6.18 Å². The maximum Gasteiger partial charge on any atom is 0.425 e. The van der Waals surface area contributed by atoms with Crippen LogP contribution in [0.25, 0.3) is 11.0 Å². The molecule has 0 atom stereocenters. The van der Waals surface area contributed by atoms with Gasteiger partial charge in [-0.1, -0.05) is 0 Å². The highest BCUT2D eigenvalue weighted by Gasteiger charge is 2.43. The minimum atomic E-state index is -5.30. The molecule has 0 unspecified atom stereocenters. The summed E-state index contributed by atoms with van der Waals surface area (Å²) >= 11 is 0. The van der Waals surface area contributed by atoms with Crippen LogP contribution in [0.5, 0.6) is 0 Å². The second-order valence-electron chi connectivity index (χ2n) is 3.67. The van der Waals surface area contributed by atoms with E-state index in [0.29, 0.717) is 6.07 Å². The summed E-state index contributed by atoms with van der Waals surface area (Å²) in [6, 6.07) is 0.333. The van der Waals surface area contributed by atoms with E-state index in [0.717, 1.165) is 0 Å². The number of nitro groups is 1. The average molecular weight is 293 g/mol. The Morgan fingerprint density at radius 1 is 1.15 bits per heavy atom. The molecule has 20 heavy (non-hydrogen) atoms. The first-order chi connectivity index (χ1) is 9.12. The molecule has 2 aromatic rings. The number of aromatic nitrogens is 2. The predicted octanol–water partition coefficient (Wildman–Crippen LogP) is 1.28. The molecule has 0 aliphatic heterocycles. The zero-order valence-electron chi connectivity index (χ0n) is 9.17. The lowest BCUT2D eigenvalue weighted by Gasteiger charge is -2.10. The summed E-state index contributed by atoms with van der Waals surface area (Å²) in [5.41, 5.74) is -8.30. The largest absolute Gasteiger partial charge is 0.425 e. The van der Waals surface area contributed by atoms with Crippen molar-refractivity contribution in [2.75, 3.05) is 0 Å². The molecule has 11 heteroatoms. The molecule has 0 aliphatic carbocycles. The molecule has 0 bridgehead atoms. The second kappa shape index (κ2) is 4.15. The third kappa shape index (κ3) is 2.02. The van der Waals surface area contributed by atoms with Gasteiger partial charge in [0.1, 0.15) is 0 Å². The van der Waals surface area contributed by atoms with Gasteiger partial charge in [0.2, 0.25) is 5.82 Å². The fourth-order valence-corrected chi connectivity index (χ4v) is 1.67. The van der Waals surface area contributed by atoms with Crippen molar-refractivity contribution in [3.63, 3.8) is 0 Å². The van der Waals surface area contributed by atoms with Crippen LogP contribution < -0.4 is 11.1 Å². The standard InChI is InChI=1S/C9H3F4N3O4/c10-2-1-3-5(15-8(18)7(17)14-3)4(9(11,12)13)6(2)16(19)20/h1H,(H,14,17)(H,15,18). The number of nitrogens with zero attached hydrogens (tertiary/aromatic N) is 1. The number of aromatic amines is 2. The van der Waals surface area contributed by atoms with Crippen LogP contribution in [0.15, 0.2) is 15.7 Å². The molecule has 1 heterocycles. The van der Waals surface area contributed by atoms with Gasteiger partial charge >= 0.3 is 23.0 Å². The van der Waals surface area contributed by atoms with Crippen molar-refractivity contribution in [1.29, 1.82) is 0 Å². The molecule has 0 radical (unpaired) electrons. The number of rotatable bonds is 1. The maximum absolute atomic E-state index is 13.4. The molecular formula is C9H3F4N3O4. The first kappa shape index (κ1) is 13.7. The van der Waals surface area contributed by atoms with Gasteiger partial charge in [-0.3, -0.25) is 19.7 Å². The van der Waals surface area contributed by atoms with Crippen molar-refractivity contribution in [1.82, 2.24) is 9.97 Å². The number of benzene rings is 1. The van der Waals surface area contributed by atoms with Gasteiger partial charge in [-0.25, -0.2) is 0 Å². The first-order valence-corrected chi connectivity index (χ1v) is 4.83. The highest BCUT2D eigenvalue weighted by Crippen LogP contribution is 2.40. The van der Waals surface area contributed by atoms with Crippen LogP contribution in [0.2, 0.25) is 0 Å². The van der Waals surface area contributed by atoms with Crippen molar-refractivity contribution in [2.24, 2.45) is 0 Å². The number of alkyl halides is 3. The second-order valence-corrected chi connectivity index (χ2v) is 3.67. The minimum Gasteiger partial charge on any atom is -0.316 e. The molecule has 0 aliphatic rings. The van der Waals surface area contributed by atoms with E-state index in [1.54, 1.807) is 9.97 Å². The summed E-state index contributed by atoms with van der Waals surface area (Å²) < 4.78 is 52.0. The minimum absolute atomic E-state index is 0.333. The fourth-order valence-electron chi connectivity index (χ4n) is 1.67. The Hall–Kier alpha value is -2.72. The SMILES string of the molecule is O=c1[nH]c2cc(F)c([N+](=O)[O-])c(C(F)(F)F)c2[nH]c1=O. The maximum atomic E-state index is 13.4. The molecule has 0 saturated heterocycles. The number of fused-ring (bicyclic) bond motifs is 1. The van der Waals surface area contributed by atoms with Gasteiger partial charge in [0.25, 0.3) is 0 Å². The molecule has 106 valence electrons. The number of hydrogen-bond donors (Lipinski definition) is 2. The molecule has 7 nitrogen and oxygen atoms in total. The van der Waals surface area contributed by atoms with E-state index < -0.39 is 50.3 Å². The van der Waals surface area contributed by atoms with E-state index in [1.165, 1.54) is 0 Å². The van der Waals surface area contributed by atoms with Gasteiger partial charge in [0, 0.05) is 6.07 Å². The highest BCUT2D eigenvalue weighted by molar-refractivity contribution is 5.82. The number of nitro benzene ring substituents is 1. The Bertz CT molecular complexity index is 836. The van der Waals surface area contributed by atoms with Crippen molar-refractivity contribution in [3.05, 3.63) is 48.3 Å². The lowest BCUT2D eigenvalue weighted by Crippen LogP contribution is -2.30. The normalized spacial score (nSPS) is 11.8. The summed E-state index contributed by atoms with van der Waals surface area (Å²) in [6.45, 7) is 0. The Labute approximate surface area is 105 Å². The van der Waals surface area contributed by atoms with Crippen molar-refractivity contribution in [3.8, 4) is 0 Å². The van der Waals surface area contributed by atoms with Gasteiger partial charge in [0.05, 0.1) is 16.0 Å². The van der Waals surface area contributed by atoms with Crippen LogP contribution >= 0.6 is 0 Å². The zero-order valence-corrected chi connectivity index (χ0v) is 9.17. The number of halogens is 4. The van der Waals surface area contributed by atoms with Crippen LogP contribution in [-0.2, 0) is 6.18 Å². The van der Waals surface area contributed by atoms with Crippen molar-refractivity contribution < 1.29 is 22.5 Å². The Balaban J connectivity index is 3.12. The number of nitrogens with one attached hydrogen (secondary N) is 2. The highest BCUT2D eigenvalue weighted by atomic mass is 19.4. The van der Waals surface area contributed by atoms with E-state index in [9.17, 15) is 37.3 Å². The predicted molar refractivity (Wildman–Crippen MR) is 56.8 cm³/mol. The molecule has 0 amide bonds. The van der Waals surface area contributed by atoms with Crippen LogP contribution in [0.3, 0.4) is 0 Å². The van der Waals surface area contributed by atoms with Crippen LogP contribution in [0.1, 0.15) is 5.56 Å². The summed E-state index contributed by atoms with van der Waals surface area (Å²) in [7, 11) is 0. The van der Waals surface area contributed by atoms with E-state index in [4.69, 9.17) is 0 Å². The van der Waals surface area contributed by atoms with Crippen LogP contribution in [-0.4, -0.2) is 14.9 Å². The molecule has 2 N–H and O–H groups in total. The lowest BCUT2D eigenvalue weighted by atomic mass is 10.1. The average Bonchev–Trinajstić information content (AvgIpc) is 2.28. The lowest BCUT2D eigenvalue weighted by molar-refractivity contribution is -0.390. The van der Waals surface area contributed by atoms with E-state index in [2.05, 4.69) is 0 Å². The van der Waals surface area contributed by atoms with E-state index in [1.807, 2.05) is 0 Å². The van der Waals surface area contributed by atoms with Crippen LogP contribution in [0.4, 0.5) is 23.2 Å². The summed E-state index contributed by atoms with van der Waals surface area (Å²) in [6.07, 6.45) is -5.30. The zero-order chi connectivity index (χ0) is 15.2. The molecule has 2 rings (SSSR count). The first-order valence-electron chi connectivity index (χ1n) is 4.83. The number of H-pyrrole nitrogens is 2. The topological polar surface area (TPSA) is 109 Å². The third-order valence-electron chi connectivity index (χ3n) is 2.41. The van der Waals surface area contributed by atoms with Gasteiger partial charge in [-0.05, 0) is 0 Å². The summed E-state index contributed by atoms with van der Waals surface area (Å²) in [5, 5.41) is 10.6. The Morgan fingerprint density at radius 2 is 1.70 bits per heavy atom. The van der Waals surface area contributed by atoms with Gasteiger partial charge < -0.3 is 9.97 Å². The molecule has 0 spiro atoms. The van der Waals surface area contributed by atoms with E-state index in [-0.39, 0.29) is 0 Å². The molecule has 0 saturated carbocycles. The van der Waals surface area contributed by atoms with Gasteiger partial charge in [-0.2, -0.15) is 17.6 Å². The van der Waals surface area contributed by atoms with E-state index >= 15 is 0 Å². The van der Waals surface area contributed by atoms with Crippen molar-refractivity contribution >= 4 is 16.7 Å². The Morgan fingerprint density at radius 3 is 2.20 bits per heavy atom. The molecule has 1 aromatic carbocycles. The smallest absolute Gasteiger partial charge is 0.316 e. The Kier molecular flexibility index (Phi) is 2.84. The monoisotopic (exact) mass is 293 g/mol. The number of hydrogen-bond acceptors (Lipinski definition) is 4.